The molecule has 24 heavy (non-hydrogen) atoms. The van der Waals surface area contributed by atoms with E-state index in [-0.39, 0.29) is 30.0 Å². The second-order valence-electron chi connectivity index (χ2n) is 6.31. The van der Waals surface area contributed by atoms with Crippen molar-refractivity contribution >= 4 is 29.9 Å². The number of hydrogen-bond donors (Lipinski definition) is 2. The summed E-state index contributed by atoms with van der Waals surface area (Å²) in [6, 6.07) is 8.69. The zero-order chi connectivity index (χ0) is 16.5. The maximum atomic E-state index is 5.96. The van der Waals surface area contributed by atoms with Gasteiger partial charge in [-0.05, 0) is 44.0 Å². The Morgan fingerprint density at radius 3 is 2.58 bits per heavy atom. The van der Waals surface area contributed by atoms with Gasteiger partial charge in [-0.2, -0.15) is 0 Å². The molecule has 6 heteroatoms. The minimum atomic E-state index is 0. The average Bonchev–Trinajstić information content (AvgIpc) is 2.55. The van der Waals surface area contributed by atoms with Gasteiger partial charge in [0.25, 0.3) is 0 Å². The Kier molecular flexibility index (Phi) is 10.3. The largest absolute Gasteiger partial charge is 0.383 e. The number of benzene rings is 1. The minimum Gasteiger partial charge on any atom is -0.383 e. The van der Waals surface area contributed by atoms with Crippen molar-refractivity contribution in [3.63, 3.8) is 0 Å². The fraction of sp³-hybridized carbons (Fsp3) is 0.611. The summed E-state index contributed by atoms with van der Waals surface area (Å²) < 4.78 is 5.09. The zero-order valence-electron chi connectivity index (χ0n) is 14.8. The summed E-state index contributed by atoms with van der Waals surface area (Å²) in [5, 5.41) is 3.14. The van der Waals surface area contributed by atoms with Crippen molar-refractivity contribution in [3.8, 4) is 0 Å². The lowest BCUT2D eigenvalue weighted by atomic mass is 10.1. The first kappa shape index (κ1) is 21.2. The number of piperidine rings is 1. The third kappa shape index (κ3) is 7.36. The minimum absolute atomic E-state index is 0. The lowest BCUT2D eigenvalue weighted by Crippen LogP contribution is -2.40. The van der Waals surface area contributed by atoms with Crippen molar-refractivity contribution in [2.45, 2.75) is 45.3 Å². The molecule has 1 aliphatic heterocycles. The Morgan fingerprint density at radius 2 is 1.92 bits per heavy atom. The van der Waals surface area contributed by atoms with Crippen LogP contribution >= 0.6 is 24.0 Å². The summed E-state index contributed by atoms with van der Waals surface area (Å²) in [6.07, 6.45) is 3.99. The van der Waals surface area contributed by atoms with Gasteiger partial charge < -0.3 is 15.8 Å². The molecule has 1 unspecified atom stereocenters. The number of hydrogen-bond acceptors (Lipinski definition) is 3. The Bertz CT molecular complexity index is 504. The highest BCUT2D eigenvalue weighted by molar-refractivity contribution is 14.0. The Hall–Kier alpha value is -0.860. The number of nitrogens with zero attached hydrogens (tertiary/aromatic N) is 2. The van der Waals surface area contributed by atoms with Crippen LogP contribution in [0.4, 0.5) is 0 Å². The quantitative estimate of drug-likeness (QED) is 0.384. The predicted octanol–water partition coefficient (Wildman–Crippen LogP) is 2.73. The molecule has 1 aromatic rings. The van der Waals surface area contributed by atoms with Crippen LogP contribution in [0.25, 0.3) is 0 Å². The van der Waals surface area contributed by atoms with E-state index >= 15 is 0 Å². The first-order valence-corrected chi connectivity index (χ1v) is 8.53. The van der Waals surface area contributed by atoms with Crippen LogP contribution in [0.15, 0.2) is 29.3 Å². The fourth-order valence-corrected chi connectivity index (χ4v) is 2.98. The van der Waals surface area contributed by atoms with Gasteiger partial charge in [0.15, 0.2) is 5.96 Å². The smallest absolute Gasteiger partial charge is 0.189 e. The number of nitrogens with one attached hydrogen (secondary N) is 1. The summed E-state index contributed by atoms with van der Waals surface area (Å²) in [5.41, 5.74) is 8.57. The van der Waals surface area contributed by atoms with Gasteiger partial charge in [-0.25, -0.2) is 4.99 Å². The lowest BCUT2D eigenvalue weighted by molar-refractivity contribution is 0.179. The first-order chi connectivity index (χ1) is 11.2. The van der Waals surface area contributed by atoms with Crippen LogP contribution in [0.2, 0.25) is 0 Å². The summed E-state index contributed by atoms with van der Waals surface area (Å²) in [4.78, 5) is 7.02. The number of rotatable bonds is 7. The second kappa shape index (κ2) is 11.7. The molecule has 5 nitrogen and oxygen atoms in total. The summed E-state index contributed by atoms with van der Waals surface area (Å²) in [5.74, 6) is 0.474. The molecule has 2 rings (SSSR count). The first-order valence-electron chi connectivity index (χ1n) is 8.53. The Balaban J connectivity index is 0.00000288. The van der Waals surface area contributed by atoms with E-state index in [9.17, 15) is 0 Å². The Labute approximate surface area is 163 Å². The van der Waals surface area contributed by atoms with Crippen molar-refractivity contribution in [2.24, 2.45) is 10.7 Å². The highest BCUT2D eigenvalue weighted by Crippen LogP contribution is 2.16. The molecule has 1 fully saturated rings. The summed E-state index contributed by atoms with van der Waals surface area (Å²) in [6.45, 7) is 6.67. The lowest BCUT2D eigenvalue weighted by Gasteiger charge is -2.27. The van der Waals surface area contributed by atoms with Crippen LogP contribution < -0.4 is 11.1 Å². The number of guanidine groups is 1. The summed E-state index contributed by atoms with van der Waals surface area (Å²) >= 11 is 0. The molecule has 0 aliphatic carbocycles. The van der Waals surface area contributed by atoms with Crippen molar-refractivity contribution in [2.75, 3.05) is 26.8 Å². The number of halogens is 1. The molecule has 0 radical (unpaired) electrons. The van der Waals surface area contributed by atoms with Crippen molar-refractivity contribution in [1.29, 1.82) is 0 Å². The highest BCUT2D eigenvalue weighted by Gasteiger charge is 2.12. The molecule has 0 amide bonds. The van der Waals surface area contributed by atoms with Crippen molar-refractivity contribution in [1.82, 2.24) is 10.2 Å². The molecule has 1 aromatic carbocycles. The van der Waals surface area contributed by atoms with E-state index in [4.69, 9.17) is 10.5 Å². The zero-order valence-corrected chi connectivity index (χ0v) is 17.2. The maximum Gasteiger partial charge on any atom is 0.189 e. The maximum absolute atomic E-state index is 5.96. The predicted molar refractivity (Wildman–Crippen MR) is 111 cm³/mol. The van der Waals surface area contributed by atoms with Gasteiger partial charge in [-0.1, -0.05) is 30.7 Å². The number of methoxy groups -OCH3 is 1. The molecule has 3 N–H and O–H groups in total. The highest BCUT2D eigenvalue weighted by atomic mass is 127. The van der Waals surface area contributed by atoms with Crippen LogP contribution in [0, 0.1) is 0 Å². The molecular formula is C18H31IN4O. The SMILES string of the molecule is COCC(C)NC(N)=NCc1ccccc1CN1CCCCC1.I. The van der Waals surface area contributed by atoms with Crippen LogP contribution in [-0.2, 0) is 17.8 Å². The number of aliphatic imine (C=N–C) groups is 1. The van der Waals surface area contributed by atoms with Gasteiger partial charge in [-0.3, -0.25) is 4.90 Å². The third-order valence-corrected chi connectivity index (χ3v) is 4.19. The molecule has 1 saturated heterocycles. The molecule has 1 heterocycles. The number of ether oxygens (including phenoxy) is 1. The molecule has 0 spiro atoms. The van der Waals surface area contributed by atoms with Crippen LogP contribution in [0.5, 0.6) is 0 Å². The molecule has 1 atom stereocenters. The van der Waals surface area contributed by atoms with Crippen molar-refractivity contribution < 1.29 is 4.74 Å². The molecule has 136 valence electrons. The number of likely N-dealkylation sites (tertiary alicyclic amines) is 1. The van der Waals surface area contributed by atoms with Gasteiger partial charge in [0, 0.05) is 19.7 Å². The molecule has 0 saturated carbocycles. The van der Waals surface area contributed by atoms with Crippen molar-refractivity contribution in [3.05, 3.63) is 35.4 Å². The molecule has 0 aromatic heterocycles. The van der Waals surface area contributed by atoms with Crippen LogP contribution in [0.3, 0.4) is 0 Å². The van der Waals surface area contributed by atoms with Crippen LogP contribution in [-0.4, -0.2) is 43.7 Å². The van der Waals surface area contributed by atoms with E-state index in [1.807, 2.05) is 6.92 Å². The van der Waals surface area contributed by atoms with E-state index in [0.29, 0.717) is 19.1 Å². The molecular weight excluding hydrogens is 415 g/mol. The van der Waals surface area contributed by atoms with Gasteiger partial charge in [0.2, 0.25) is 0 Å². The topological polar surface area (TPSA) is 62.9 Å². The molecule has 1 aliphatic rings. The molecule has 0 bridgehead atoms. The van der Waals surface area contributed by atoms with E-state index < -0.39 is 0 Å². The normalized spacial score (nSPS) is 17.2. The van der Waals surface area contributed by atoms with Gasteiger partial charge in [-0.15, -0.1) is 24.0 Å². The van der Waals surface area contributed by atoms with Gasteiger partial charge in [0.1, 0.15) is 0 Å². The average molecular weight is 446 g/mol. The Morgan fingerprint density at radius 1 is 1.25 bits per heavy atom. The second-order valence-corrected chi connectivity index (χ2v) is 6.31. The fourth-order valence-electron chi connectivity index (χ4n) is 2.98. The van der Waals surface area contributed by atoms with E-state index in [0.717, 1.165) is 6.54 Å². The number of nitrogens with two attached hydrogens (primary N) is 1. The van der Waals surface area contributed by atoms with Gasteiger partial charge in [0.05, 0.1) is 13.2 Å². The van der Waals surface area contributed by atoms with Crippen LogP contribution in [0.1, 0.15) is 37.3 Å². The van der Waals surface area contributed by atoms with E-state index in [2.05, 4.69) is 39.5 Å². The van der Waals surface area contributed by atoms with Gasteiger partial charge >= 0.3 is 0 Å². The van der Waals surface area contributed by atoms with E-state index in [1.54, 1.807) is 7.11 Å². The standard InChI is InChI=1S/C18H30N4O.HI/c1-15(14-23-2)21-18(19)20-12-16-8-4-5-9-17(16)13-22-10-6-3-7-11-22;/h4-5,8-9,15H,3,6-7,10-14H2,1-2H3,(H3,19,20,21);1H. The summed E-state index contributed by atoms with van der Waals surface area (Å²) in [7, 11) is 1.68. The third-order valence-electron chi connectivity index (χ3n) is 4.19. The monoisotopic (exact) mass is 446 g/mol. The van der Waals surface area contributed by atoms with E-state index in [1.165, 1.54) is 43.5 Å².